The second-order valence-corrected chi connectivity index (χ2v) is 4.55. The lowest BCUT2D eigenvalue weighted by Gasteiger charge is -2.33. The van der Waals surface area contributed by atoms with Crippen LogP contribution in [0.5, 0.6) is 5.75 Å². The van der Waals surface area contributed by atoms with E-state index in [-0.39, 0.29) is 18.2 Å². The molecule has 19 heavy (non-hydrogen) atoms. The quantitative estimate of drug-likeness (QED) is 0.923. The van der Waals surface area contributed by atoms with Crippen LogP contribution in [0.4, 0.5) is 8.78 Å². The van der Waals surface area contributed by atoms with E-state index < -0.39 is 6.61 Å². The SMILES string of the molecule is C[C@@H]1CNCCN1Cc1ccc(OC(F)F)cc1.Cl. The third kappa shape index (κ3) is 4.93. The minimum atomic E-state index is -2.76. The van der Waals surface area contributed by atoms with Gasteiger partial charge in [0.25, 0.3) is 0 Å². The summed E-state index contributed by atoms with van der Waals surface area (Å²) in [5.74, 6) is 0.210. The van der Waals surface area contributed by atoms with E-state index in [0.717, 1.165) is 31.7 Å². The third-order valence-electron chi connectivity index (χ3n) is 3.17. The lowest BCUT2D eigenvalue weighted by Crippen LogP contribution is -2.49. The molecule has 0 radical (unpaired) electrons. The molecule has 1 aliphatic heterocycles. The first kappa shape index (κ1) is 16.1. The normalized spacial score (nSPS) is 20.1. The van der Waals surface area contributed by atoms with E-state index in [4.69, 9.17) is 0 Å². The second-order valence-electron chi connectivity index (χ2n) is 4.55. The predicted molar refractivity (Wildman–Crippen MR) is 73.1 cm³/mol. The molecule has 1 heterocycles. The summed E-state index contributed by atoms with van der Waals surface area (Å²) in [6.07, 6.45) is 0. The van der Waals surface area contributed by atoms with Gasteiger partial charge in [0.15, 0.2) is 0 Å². The summed E-state index contributed by atoms with van der Waals surface area (Å²) in [6.45, 7) is 3.27. The highest BCUT2D eigenvalue weighted by Gasteiger charge is 2.17. The number of hydrogen-bond acceptors (Lipinski definition) is 3. The average Bonchev–Trinajstić information content (AvgIpc) is 2.34. The molecular weight excluding hydrogens is 274 g/mol. The van der Waals surface area contributed by atoms with Crippen LogP contribution in [0.2, 0.25) is 0 Å². The fourth-order valence-electron chi connectivity index (χ4n) is 2.13. The molecule has 0 bridgehead atoms. The largest absolute Gasteiger partial charge is 0.435 e. The van der Waals surface area contributed by atoms with Crippen molar-refractivity contribution in [3.05, 3.63) is 29.8 Å². The number of ether oxygens (including phenoxy) is 1. The van der Waals surface area contributed by atoms with Gasteiger partial charge in [-0.15, -0.1) is 12.4 Å². The number of halogens is 3. The van der Waals surface area contributed by atoms with Crippen LogP contribution in [0.15, 0.2) is 24.3 Å². The van der Waals surface area contributed by atoms with Crippen molar-refractivity contribution in [1.82, 2.24) is 10.2 Å². The Morgan fingerprint density at radius 2 is 2.05 bits per heavy atom. The topological polar surface area (TPSA) is 24.5 Å². The van der Waals surface area contributed by atoms with E-state index in [1.54, 1.807) is 12.1 Å². The van der Waals surface area contributed by atoms with Crippen LogP contribution in [0.1, 0.15) is 12.5 Å². The average molecular weight is 293 g/mol. The van der Waals surface area contributed by atoms with Gasteiger partial charge in [-0.1, -0.05) is 12.1 Å². The first-order chi connectivity index (χ1) is 8.65. The molecule has 0 amide bonds. The Kier molecular flexibility index (Phi) is 6.48. The molecule has 1 atom stereocenters. The predicted octanol–water partition coefficient (Wildman–Crippen LogP) is 2.50. The van der Waals surface area contributed by atoms with Crippen LogP contribution in [-0.2, 0) is 6.54 Å². The summed E-state index contributed by atoms with van der Waals surface area (Å²) in [4.78, 5) is 2.37. The number of nitrogens with one attached hydrogen (secondary N) is 1. The molecule has 1 fully saturated rings. The monoisotopic (exact) mass is 292 g/mol. The van der Waals surface area contributed by atoms with Gasteiger partial charge in [0.05, 0.1) is 0 Å². The Morgan fingerprint density at radius 1 is 1.37 bits per heavy atom. The van der Waals surface area contributed by atoms with Gasteiger partial charge in [0.1, 0.15) is 5.75 Å². The molecule has 3 nitrogen and oxygen atoms in total. The summed E-state index contributed by atoms with van der Waals surface area (Å²) < 4.78 is 28.3. The number of hydrogen-bond donors (Lipinski definition) is 1. The van der Waals surface area contributed by atoms with Gasteiger partial charge in [-0.25, -0.2) is 0 Å². The summed E-state index contributed by atoms with van der Waals surface area (Å²) in [5.41, 5.74) is 1.12. The maximum absolute atomic E-state index is 12.0. The summed E-state index contributed by atoms with van der Waals surface area (Å²) >= 11 is 0. The zero-order chi connectivity index (χ0) is 13.0. The highest BCUT2D eigenvalue weighted by Crippen LogP contribution is 2.17. The van der Waals surface area contributed by atoms with E-state index in [1.807, 2.05) is 12.1 Å². The molecule has 108 valence electrons. The lowest BCUT2D eigenvalue weighted by molar-refractivity contribution is -0.0498. The molecule has 0 aliphatic carbocycles. The van der Waals surface area contributed by atoms with E-state index >= 15 is 0 Å². The lowest BCUT2D eigenvalue weighted by atomic mass is 10.1. The Hall–Kier alpha value is -0.910. The zero-order valence-corrected chi connectivity index (χ0v) is 11.6. The fraction of sp³-hybridized carbons (Fsp3) is 0.538. The number of piperazine rings is 1. The Balaban J connectivity index is 0.00000180. The van der Waals surface area contributed by atoms with Gasteiger partial charge >= 0.3 is 6.61 Å². The van der Waals surface area contributed by atoms with Gasteiger partial charge in [-0.3, -0.25) is 4.90 Å². The summed E-state index contributed by atoms with van der Waals surface area (Å²) in [6, 6.07) is 7.36. The van der Waals surface area contributed by atoms with Crippen LogP contribution in [0.25, 0.3) is 0 Å². The molecule has 0 spiro atoms. The minimum absolute atomic E-state index is 0. The van der Waals surface area contributed by atoms with Crippen LogP contribution in [0.3, 0.4) is 0 Å². The van der Waals surface area contributed by atoms with Crippen molar-refractivity contribution in [3.8, 4) is 5.75 Å². The molecule has 1 aromatic carbocycles. The van der Waals surface area contributed by atoms with Crippen LogP contribution in [0, 0.1) is 0 Å². The number of benzene rings is 1. The Labute approximate surface area is 118 Å². The van der Waals surface area contributed by atoms with Gasteiger partial charge in [-0.2, -0.15) is 8.78 Å². The summed E-state index contributed by atoms with van der Waals surface area (Å²) in [7, 11) is 0. The molecule has 6 heteroatoms. The first-order valence-electron chi connectivity index (χ1n) is 6.13. The van der Waals surface area contributed by atoms with Crippen molar-refractivity contribution in [2.45, 2.75) is 26.1 Å². The Morgan fingerprint density at radius 3 is 2.63 bits per heavy atom. The number of rotatable bonds is 4. The second kappa shape index (κ2) is 7.62. The molecule has 1 saturated heterocycles. The summed E-state index contributed by atoms with van der Waals surface area (Å²) in [5, 5.41) is 3.34. The van der Waals surface area contributed by atoms with Gasteiger partial charge in [-0.05, 0) is 24.6 Å². The van der Waals surface area contributed by atoms with Gasteiger partial charge in [0, 0.05) is 32.2 Å². The smallest absolute Gasteiger partial charge is 0.387 e. The maximum Gasteiger partial charge on any atom is 0.387 e. The van der Waals surface area contributed by atoms with Crippen LogP contribution >= 0.6 is 12.4 Å². The van der Waals surface area contributed by atoms with Crippen molar-refractivity contribution < 1.29 is 13.5 Å². The molecule has 0 unspecified atom stereocenters. The van der Waals surface area contributed by atoms with Crippen molar-refractivity contribution in [2.75, 3.05) is 19.6 Å². The van der Waals surface area contributed by atoms with Crippen LogP contribution < -0.4 is 10.1 Å². The molecule has 1 aromatic rings. The maximum atomic E-state index is 12.0. The van der Waals surface area contributed by atoms with Crippen molar-refractivity contribution >= 4 is 12.4 Å². The number of alkyl halides is 2. The molecule has 2 rings (SSSR count). The minimum Gasteiger partial charge on any atom is -0.435 e. The van der Waals surface area contributed by atoms with Crippen molar-refractivity contribution in [1.29, 1.82) is 0 Å². The van der Waals surface area contributed by atoms with Crippen molar-refractivity contribution in [2.24, 2.45) is 0 Å². The third-order valence-corrected chi connectivity index (χ3v) is 3.17. The zero-order valence-electron chi connectivity index (χ0n) is 10.8. The standard InChI is InChI=1S/C13H18F2N2O.ClH/c1-10-8-16-6-7-17(10)9-11-2-4-12(5-3-11)18-13(14)15;/h2-5,10,13,16H,6-9H2,1H3;1H/t10-;/m1./s1. The molecule has 0 aromatic heterocycles. The molecule has 0 saturated carbocycles. The van der Waals surface area contributed by atoms with Crippen LogP contribution in [-0.4, -0.2) is 37.2 Å². The highest BCUT2D eigenvalue weighted by molar-refractivity contribution is 5.85. The first-order valence-corrected chi connectivity index (χ1v) is 6.13. The highest BCUT2D eigenvalue weighted by atomic mass is 35.5. The Bertz CT molecular complexity index is 375. The molecule has 1 aliphatic rings. The van der Waals surface area contributed by atoms with Crippen molar-refractivity contribution in [3.63, 3.8) is 0 Å². The molecule has 1 N–H and O–H groups in total. The van der Waals surface area contributed by atoms with E-state index in [1.165, 1.54) is 0 Å². The van der Waals surface area contributed by atoms with Gasteiger partial charge in [0.2, 0.25) is 0 Å². The van der Waals surface area contributed by atoms with E-state index in [9.17, 15) is 8.78 Å². The van der Waals surface area contributed by atoms with E-state index in [0.29, 0.717) is 6.04 Å². The van der Waals surface area contributed by atoms with E-state index in [2.05, 4.69) is 21.9 Å². The molecular formula is C13H19ClF2N2O. The fourth-order valence-corrected chi connectivity index (χ4v) is 2.13. The van der Waals surface area contributed by atoms with Gasteiger partial charge < -0.3 is 10.1 Å². The number of nitrogens with zero attached hydrogens (tertiary/aromatic N) is 1.